The van der Waals surface area contributed by atoms with Gasteiger partial charge in [-0.15, -0.1) is 0 Å². The van der Waals surface area contributed by atoms with E-state index in [9.17, 15) is 9.90 Å². The summed E-state index contributed by atoms with van der Waals surface area (Å²) in [5.74, 6) is 0.171. The molecule has 40 heavy (non-hydrogen) atoms. The number of allylic oxidation sites excluding steroid dienone is 2. The van der Waals surface area contributed by atoms with Gasteiger partial charge >= 0.3 is 0 Å². The van der Waals surface area contributed by atoms with Gasteiger partial charge in [-0.3, -0.25) is 9.78 Å². The van der Waals surface area contributed by atoms with E-state index in [0.29, 0.717) is 12.8 Å². The lowest BCUT2D eigenvalue weighted by Crippen LogP contribution is -2.10. The molecule has 6 rings (SSSR count). The van der Waals surface area contributed by atoms with Gasteiger partial charge in [0.2, 0.25) is 0 Å². The van der Waals surface area contributed by atoms with Crippen molar-refractivity contribution >= 4 is 39.0 Å². The van der Waals surface area contributed by atoms with Crippen LogP contribution in [0.2, 0.25) is 0 Å². The standard InChI is InChI=1S/C34H40N4O2/c1-7-22-17(3)27-13-29-19(5)24(10-9-21(40)16-39)33(37-29)26-12-11-25-20(6)30(38-34(25)26)15-32-23(8-2)18(4)28(36-32)14-31(22)35-27/h13-15,19,24,35-36,39H,7-12,16H2,1-6H3/t19-,24-/m0/s1. The lowest BCUT2D eigenvalue weighted by molar-refractivity contribution is -0.121. The molecule has 0 saturated carbocycles. The van der Waals surface area contributed by atoms with Crippen molar-refractivity contribution in [3.8, 4) is 0 Å². The molecule has 0 fully saturated rings. The summed E-state index contributed by atoms with van der Waals surface area (Å²) in [6.07, 6.45) is 4.82. The lowest BCUT2D eigenvalue weighted by Gasteiger charge is -2.16. The highest BCUT2D eigenvalue weighted by Crippen LogP contribution is 2.47. The molecule has 0 amide bonds. The number of aromatic amines is 2. The van der Waals surface area contributed by atoms with Crippen molar-refractivity contribution in [3.63, 3.8) is 0 Å². The second-order valence-electron chi connectivity index (χ2n) is 11.7. The topological polar surface area (TPSA) is 94.7 Å². The van der Waals surface area contributed by atoms with Crippen LogP contribution in [0.1, 0.15) is 109 Å². The van der Waals surface area contributed by atoms with Gasteiger partial charge in [0.15, 0.2) is 5.78 Å². The zero-order valence-electron chi connectivity index (χ0n) is 24.6. The van der Waals surface area contributed by atoms with Gasteiger partial charge < -0.3 is 15.1 Å². The number of nitrogens with one attached hydrogen (secondary N) is 2. The van der Waals surface area contributed by atoms with Gasteiger partial charge in [0, 0.05) is 57.3 Å². The number of aryl methyl sites for hydroxylation is 4. The summed E-state index contributed by atoms with van der Waals surface area (Å²) in [5.41, 5.74) is 17.7. The Balaban J connectivity index is 1.72. The lowest BCUT2D eigenvalue weighted by atomic mass is 9.85. The zero-order chi connectivity index (χ0) is 28.3. The van der Waals surface area contributed by atoms with Crippen LogP contribution in [0.15, 0.2) is 18.2 Å². The van der Waals surface area contributed by atoms with Crippen LogP contribution in [0.25, 0.3) is 33.2 Å². The molecule has 3 N–H and O–H groups in total. The van der Waals surface area contributed by atoms with Gasteiger partial charge in [0.1, 0.15) is 6.61 Å². The Hall–Kier alpha value is -3.51. The van der Waals surface area contributed by atoms with E-state index in [1.165, 1.54) is 39.0 Å². The highest BCUT2D eigenvalue weighted by molar-refractivity contribution is 5.95. The number of carbonyl (C=O) groups is 1. The summed E-state index contributed by atoms with van der Waals surface area (Å²) in [6.45, 7) is 12.9. The van der Waals surface area contributed by atoms with Crippen LogP contribution in [0, 0.1) is 13.8 Å². The third-order valence-electron chi connectivity index (χ3n) is 9.63. The van der Waals surface area contributed by atoms with Crippen LogP contribution in [0.4, 0.5) is 0 Å². The number of Topliss-reactive ketones (excluding diaryl/α,β-unsaturated/α-hetero) is 1. The van der Waals surface area contributed by atoms with Gasteiger partial charge in [0.25, 0.3) is 0 Å². The van der Waals surface area contributed by atoms with Crippen molar-refractivity contribution in [2.24, 2.45) is 0 Å². The molecular formula is C34H40N4O2. The van der Waals surface area contributed by atoms with Gasteiger partial charge in [-0.25, -0.2) is 4.98 Å². The predicted octanol–water partition coefficient (Wildman–Crippen LogP) is 7.16. The molecule has 2 aliphatic heterocycles. The molecule has 8 bridgehead atoms. The highest BCUT2D eigenvalue weighted by Gasteiger charge is 2.35. The summed E-state index contributed by atoms with van der Waals surface area (Å²) in [6, 6.07) is 6.72. The van der Waals surface area contributed by atoms with Gasteiger partial charge in [-0.1, -0.05) is 20.8 Å². The first kappa shape index (κ1) is 26.7. The smallest absolute Gasteiger partial charge is 0.158 e. The van der Waals surface area contributed by atoms with E-state index in [2.05, 4.69) is 69.7 Å². The van der Waals surface area contributed by atoms with Crippen molar-refractivity contribution in [1.82, 2.24) is 19.9 Å². The molecule has 208 valence electrons. The normalized spacial score (nSPS) is 18.2. The molecule has 2 atom stereocenters. The maximum absolute atomic E-state index is 12.1. The van der Waals surface area contributed by atoms with E-state index in [4.69, 9.17) is 9.97 Å². The zero-order valence-corrected chi connectivity index (χ0v) is 24.6. The number of aliphatic hydroxyl groups is 1. The molecule has 3 aliphatic rings. The van der Waals surface area contributed by atoms with Crippen LogP contribution in [0.5, 0.6) is 0 Å². The van der Waals surface area contributed by atoms with E-state index in [-0.39, 0.29) is 17.6 Å². The minimum atomic E-state index is -0.403. The second-order valence-corrected chi connectivity index (χ2v) is 11.7. The molecular weight excluding hydrogens is 496 g/mol. The van der Waals surface area contributed by atoms with E-state index in [1.54, 1.807) is 0 Å². The fourth-order valence-corrected chi connectivity index (χ4v) is 7.15. The molecule has 5 heterocycles. The molecule has 0 saturated heterocycles. The number of aromatic nitrogens is 4. The van der Waals surface area contributed by atoms with E-state index < -0.39 is 6.61 Å². The number of aliphatic hydroxyl groups excluding tert-OH is 1. The number of H-pyrrole nitrogens is 2. The van der Waals surface area contributed by atoms with Gasteiger partial charge in [0.05, 0.1) is 11.4 Å². The minimum absolute atomic E-state index is 0.112. The number of carbonyl (C=O) groups excluding carboxylic acids is 1. The Morgan fingerprint density at radius 2 is 1.57 bits per heavy atom. The third kappa shape index (κ3) is 4.15. The maximum Gasteiger partial charge on any atom is 0.158 e. The third-order valence-corrected chi connectivity index (χ3v) is 9.63. The van der Waals surface area contributed by atoms with Crippen molar-refractivity contribution in [1.29, 1.82) is 0 Å². The summed E-state index contributed by atoms with van der Waals surface area (Å²) in [7, 11) is 0. The molecule has 0 radical (unpaired) electrons. The second kappa shape index (κ2) is 10.2. The summed E-state index contributed by atoms with van der Waals surface area (Å²) in [4.78, 5) is 30.1. The number of rotatable bonds is 6. The highest BCUT2D eigenvalue weighted by atomic mass is 16.3. The average Bonchev–Trinajstić information content (AvgIpc) is 3.70. The molecule has 0 aromatic carbocycles. The Morgan fingerprint density at radius 3 is 2.23 bits per heavy atom. The number of hydrogen-bond acceptors (Lipinski definition) is 4. The Kier molecular flexibility index (Phi) is 6.78. The largest absolute Gasteiger partial charge is 0.389 e. The fourth-order valence-electron chi connectivity index (χ4n) is 7.15. The van der Waals surface area contributed by atoms with E-state index >= 15 is 0 Å². The number of ketones is 1. The SMILES string of the molecule is CCc1c(C)c2cc3[nH]c(cc4nc(c5c6nc(cc1[nH]2)C(C)=C6CC5)[C@@H](CCC(=O)CO)[C@@H]4C)c(C)c3CC. The fraction of sp³-hybridized carbons (Fsp3) is 0.441. The van der Waals surface area contributed by atoms with Crippen molar-refractivity contribution in [2.75, 3.05) is 6.61 Å². The van der Waals surface area contributed by atoms with Crippen LogP contribution < -0.4 is 0 Å². The number of fused-ring (bicyclic) bond motifs is 8. The van der Waals surface area contributed by atoms with E-state index in [0.717, 1.165) is 70.5 Å². The van der Waals surface area contributed by atoms with E-state index in [1.807, 2.05) is 0 Å². The van der Waals surface area contributed by atoms with Crippen LogP contribution in [0.3, 0.4) is 0 Å². The monoisotopic (exact) mass is 536 g/mol. The first-order valence-corrected chi connectivity index (χ1v) is 14.8. The first-order chi connectivity index (χ1) is 19.2. The average molecular weight is 537 g/mol. The molecule has 1 aliphatic carbocycles. The van der Waals surface area contributed by atoms with Crippen LogP contribution in [-0.4, -0.2) is 37.4 Å². The minimum Gasteiger partial charge on any atom is -0.389 e. The van der Waals surface area contributed by atoms with Crippen LogP contribution in [-0.2, 0) is 24.1 Å². The quantitative estimate of drug-likeness (QED) is 0.311. The first-order valence-electron chi connectivity index (χ1n) is 14.8. The molecule has 3 aromatic heterocycles. The number of hydrogen-bond donors (Lipinski definition) is 3. The Bertz CT molecular complexity index is 1740. The number of nitrogens with zero attached hydrogens (tertiary/aromatic N) is 2. The molecule has 0 unspecified atom stereocenters. The molecule has 0 spiro atoms. The molecule has 3 aromatic rings. The molecule has 6 nitrogen and oxygen atoms in total. The summed E-state index contributed by atoms with van der Waals surface area (Å²) in [5, 5.41) is 9.39. The maximum atomic E-state index is 12.1. The predicted molar refractivity (Wildman–Crippen MR) is 163 cm³/mol. The Morgan fingerprint density at radius 1 is 0.925 bits per heavy atom. The summed E-state index contributed by atoms with van der Waals surface area (Å²) < 4.78 is 0. The Labute approximate surface area is 236 Å². The van der Waals surface area contributed by atoms with Crippen molar-refractivity contribution < 1.29 is 9.90 Å². The van der Waals surface area contributed by atoms with Crippen molar-refractivity contribution in [3.05, 3.63) is 68.8 Å². The van der Waals surface area contributed by atoms with Crippen LogP contribution >= 0.6 is 0 Å². The summed E-state index contributed by atoms with van der Waals surface area (Å²) >= 11 is 0. The van der Waals surface area contributed by atoms with Gasteiger partial charge in [-0.2, -0.15) is 0 Å². The van der Waals surface area contributed by atoms with Crippen molar-refractivity contribution in [2.45, 2.75) is 91.9 Å². The van der Waals surface area contributed by atoms with Gasteiger partial charge in [-0.05, 0) is 104 Å². The molecule has 6 heteroatoms.